The van der Waals surface area contributed by atoms with Crippen LogP contribution in [-0.4, -0.2) is 5.78 Å². The molecule has 1 aromatic carbocycles. The number of Topliss-reactive ketones (excluding diaryl/α,β-unsaturated/α-hetero) is 1. The number of hydrogen-bond donors (Lipinski definition) is 0. The highest BCUT2D eigenvalue weighted by Crippen LogP contribution is 2.19. The van der Waals surface area contributed by atoms with Gasteiger partial charge in [0, 0.05) is 24.3 Å². The predicted octanol–water partition coefficient (Wildman–Crippen LogP) is 3.58. The first-order valence-corrected chi connectivity index (χ1v) is 6.43. The van der Waals surface area contributed by atoms with Crippen molar-refractivity contribution in [2.75, 3.05) is 0 Å². The molecule has 1 atom stereocenters. The standard InChI is InChI=1S/C16H18O/c17-16-10-6-2-5-9-15(13-16)12-11-14-7-3-1-4-8-14/h1,3-4,7-8,15H,2,5-6,9-10,13H2/t15-/m1/s1. The van der Waals surface area contributed by atoms with Crippen LogP contribution < -0.4 is 0 Å². The van der Waals surface area contributed by atoms with Crippen LogP contribution in [0, 0.1) is 17.8 Å². The number of benzene rings is 1. The van der Waals surface area contributed by atoms with Gasteiger partial charge in [0.2, 0.25) is 0 Å². The van der Waals surface area contributed by atoms with Gasteiger partial charge in [-0.1, -0.05) is 42.9 Å². The van der Waals surface area contributed by atoms with E-state index < -0.39 is 0 Å². The Bertz CT molecular complexity index is 422. The van der Waals surface area contributed by atoms with Crippen LogP contribution in [0.1, 0.15) is 44.1 Å². The van der Waals surface area contributed by atoms with Gasteiger partial charge in [0.05, 0.1) is 0 Å². The van der Waals surface area contributed by atoms with Crippen LogP contribution in [-0.2, 0) is 4.79 Å². The van der Waals surface area contributed by atoms with Crippen molar-refractivity contribution in [3.63, 3.8) is 0 Å². The molecular weight excluding hydrogens is 208 g/mol. The summed E-state index contributed by atoms with van der Waals surface area (Å²) in [7, 11) is 0. The summed E-state index contributed by atoms with van der Waals surface area (Å²) in [4.78, 5) is 11.6. The topological polar surface area (TPSA) is 17.1 Å². The summed E-state index contributed by atoms with van der Waals surface area (Å²) in [5.41, 5.74) is 1.04. The van der Waals surface area contributed by atoms with Crippen molar-refractivity contribution in [3.8, 4) is 11.8 Å². The van der Waals surface area contributed by atoms with Crippen molar-refractivity contribution < 1.29 is 4.79 Å². The lowest BCUT2D eigenvalue weighted by atomic mass is 9.90. The van der Waals surface area contributed by atoms with E-state index in [4.69, 9.17) is 0 Å². The molecule has 0 spiro atoms. The van der Waals surface area contributed by atoms with E-state index >= 15 is 0 Å². The maximum absolute atomic E-state index is 11.6. The van der Waals surface area contributed by atoms with Gasteiger partial charge in [-0.2, -0.15) is 0 Å². The molecule has 1 nitrogen and oxygen atoms in total. The Morgan fingerprint density at radius 1 is 1.06 bits per heavy atom. The van der Waals surface area contributed by atoms with E-state index in [0.29, 0.717) is 12.2 Å². The largest absolute Gasteiger partial charge is 0.300 e. The van der Waals surface area contributed by atoms with Gasteiger partial charge in [0.1, 0.15) is 5.78 Å². The van der Waals surface area contributed by atoms with E-state index in [1.807, 2.05) is 30.3 Å². The van der Waals surface area contributed by atoms with Crippen LogP contribution in [0.15, 0.2) is 30.3 Å². The molecule has 17 heavy (non-hydrogen) atoms. The van der Waals surface area contributed by atoms with Crippen LogP contribution in [0.2, 0.25) is 0 Å². The van der Waals surface area contributed by atoms with Crippen LogP contribution in [0.4, 0.5) is 0 Å². The third-order valence-corrected chi connectivity index (χ3v) is 3.18. The lowest BCUT2D eigenvalue weighted by Gasteiger charge is -2.13. The van der Waals surface area contributed by atoms with Crippen molar-refractivity contribution in [2.45, 2.75) is 38.5 Å². The second-order valence-electron chi connectivity index (χ2n) is 4.67. The molecule has 0 aromatic heterocycles. The molecule has 0 heterocycles. The van der Waals surface area contributed by atoms with Crippen molar-refractivity contribution in [2.24, 2.45) is 5.92 Å². The number of carbonyl (C=O) groups excluding carboxylic acids is 1. The fraction of sp³-hybridized carbons (Fsp3) is 0.438. The maximum Gasteiger partial charge on any atom is 0.134 e. The molecule has 2 rings (SSSR count). The molecule has 1 saturated carbocycles. The number of ketones is 1. The Balaban J connectivity index is 2.01. The molecule has 1 heteroatoms. The zero-order valence-corrected chi connectivity index (χ0v) is 10.1. The quantitative estimate of drug-likeness (QED) is 0.618. The first-order chi connectivity index (χ1) is 8.34. The van der Waals surface area contributed by atoms with Crippen LogP contribution in [0.3, 0.4) is 0 Å². The number of hydrogen-bond acceptors (Lipinski definition) is 1. The Morgan fingerprint density at radius 2 is 1.88 bits per heavy atom. The normalized spacial score (nSPS) is 20.9. The summed E-state index contributed by atoms with van der Waals surface area (Å²) in [6.07, 6.45) is 5.93. The molecule has 1 aliphatic carbocycles. The van der Waals surface area contributed by atoms with Crippen molar-refractivity contribution in [1.82, 2.24) is 0 Å². The Labute approximate surface area is 103 Å². The summed E-state index contributed by atoms with van der Waals surface area (Å²) < 4.78 is 0. The van der Waals surface area contributed by atoms with Crippen molar-refractivity contribution in [1.29, 1.82) is 0 Å². The average molecular weight is 226 g/mol. The molecule has 1 fully saturated rings. The van der Waals surface area contributed by atoms with Gasteiger partial charge in [-0.05, 0) is 25.0 Å². The predicted molar refractivity (Wildman–Crippen MR) is 69.5 cm³/mol. The average Bonchev–Trinajstić information content (AvgIpc) is 2.33. The van der Waals surface area contributed by atoms with Gasteiger partial charge < -0.3 is 0 Å². The smallest absolute Gasteiger partial charge is 0.134 e. The molecule has 1 aliphatic rings. The van der Waals surface area contributed by atoms with Gasteiger partial charge in [-0.15, -0.1) is 0 Å². The van der Waals surface area contributed by atoms with Gasteiger partial charge in [-0.3, -0.25) is 4.79 Å². The molecule has 0 bridgehead atoms. The summed E-state index contributed by atoms with van der Waals surface area (Å²) >= 11 is 0. The molecule has 0 amide bonds. The van der Waals surface area contributed by atoms with E-state index in [1.165, 1.54) is 12.8 Å². The first kappa shape index (κ1) is 11.9. The Kier molecular flexibility index (Phi) is 4.38. The highest BCUT2D eigenvalue weighted by Gasteiger charge is 2.14. The molecule has 0 saturated heterocycles. The highest BCUT2D eigenvalue weighted by molar-refractivity contribution is 5.79. The SMILES string of the molecule is O=C1CCCCC[C@H](C#Cc2ccccc2)C1. The minimum atomic E-state index is 0.267. The second kappa shape index (κ2) is 6.25. The van der Waals surface area contributed by atoms with E-state index in [1.54, 1.807) is 0 Å². The Morgan fingerprint density at radius 3 is 2.71 bits per heavy atom. The monoisotopic (exact) mass is 226 g/mol. The van der Waals surface area contributed by atoms with E-state index in [9.17, 15) is 4.79 Å². The van der Waals surface area contributed by atoms with Crippen LogP contribution in [0.25, 0.3) is 0 Å². The second-order valence-corrected chi connectivity index (χ2v) is 4.67. The Hall–Kier alpha value is -1.55. The lowest BCUT2D eigenvalue weighted by Crippen LogP contribution is -2.09. The zero-order valence-electron chi connectivity index (χ0n) is 10.1. The summed E-state index contributed by atoms with van der Waals surface area (Å²) in [6.45, 7) is 0. The molecule has 0 aliphatic heterocycles. The molecular formula is C16H18O. The minimum Gasteiger partial charge on any atom is -0.300 e. The third kappa shape index (κ3) is 4.07. The first-order valence-electron chi connectivity index (χ1n) is 6.43. The summed E-state index contributed by atoms with van der Waals surface area (Å²) in [5.74, 6) is 7.10. The summed E-state index contributed by atoms with van der Waals surface area (Å²) in [6, 6.07) is 10.0. The molecule has 0 N–H and O–H groups in total. The maximum atomic E-state index is 11.6. The molecule has 0 radical (unpaired) electrons. The molecule has 1 aromatic rings. The van der Waals surface area contributed by atoms with Crippen LogP contribution >= 0.6 is 0 Å². The third-order valence-electron chi connectivity index (χ3n) is 3.18. The minimum absolute atomic E-state index is 0.267. The fourth-order valence-corrected chi connectivity index (χ4v) is 2.20. The highest BCUT2D eigenvalue weighted by atomic mass is 16.1. The van der Waals surface area contributed by atoms with Crippen molar-refractivity contribution >= 4 is 5.78 Å². The lowest BCUT2D eigenvalue weighted by molar-refractivity contribution is -0.120. The number of rotatable bonds is 0. The van der Waals surface area contributed by atoms with Crippen LogP contribution in [0.5, 0.6) is 0 Å². The summed E-state index contributed by atoms with van der Waals surface area (Å²) in [5, 5.41) is 0. The molecule has 88 valence electrons. The van der Waals surface area contributed by atoms with Gasteiger partial charge in [0.15, 0.2) is 0 Å². The van der Waals surface area contributed by atoms with E-state index in [2.05, 4.69) is 11.8 Å². The molecule has 0 unspecified atom stereocenters. The van der Waals surface area contributed by atoms with Gasteiger partial charge in [-0.25, -0.2) is 0 Å². The van der Waals surface area contributed by atoms with Crippen molar-refractivity contribution in [3.05, 3.63) is 35.9 Å². The number of carbonyl (C=O) groups is 1. The van der Waals surface area contributed by atoms with E-state index in [-0.39, 0.29) is 5.92 Å². The van der Waals surface area contributed by atoms with Gasteiger partial charge >= 0.3 is 0 Å². The fourth-order valence-electron chi connectivity index (χ4n) is 2.20. The zero-order chi connectivity index (χ0) is 11.9. The van der Waals surface area contributed by atoms with Gasteiger partial charge in [0.25, 0.3) is 0 Å². The van der Waals surface area contributed by atoms with E-state index in [0.717, 1.165) is 24.8 Å².